The number of ether oxygens (including phenoxy) is 7. The zero-order chi connectivity index (χ0) is 52.4. The summed E-state index contributed by atoms with van der Waals surface area (Å²) in [6.45, 7) is 30.2. The highest BCUT2D eigenvalue weighted by Gasteiger charge is 2.77. The summed E-state index contributed by atoms with van der Waals surface area (Å²) < 4.78 is 67.4. The standard InChI is InChI=1S/C54H75FN2O13Si/c1-16-39-65-42-40-32(8)37(64-48(60)43(70-71(29(2)3,30(4)5)31(6)7)41(36-23-22-35(55)27-56-36)57-49(61)69-50(10,11)12)26-54(62,51(40,13)14)46(67-47(59)34-20-18-17-19-21-34)44-52(15,45(42)66-39)25-24-38-53(44,28-63-38)68-33(9)58/h16-23,27,29-31,37-39,41-46,62H,1,24-26,28H2,2-15H3,(H,57,61)/t37-,38+,39+,41-,42+,43+,44-,45+,46-,52+,53-,54+/m0/s1. The van der Waals surface area contributed by atoms with E-state index in [0.717, 1.165) is 6.20 Å². The quantitative estimate of drug-likeness (QED) is 0.0789. The molecule has 2 N–H and O–H groups in total. The Hall–Kier alpha value is -4.52. The van der Waals surface area contributed by atoms with Gasteiger partial charge in [-0.3, -0.25) is 9.78 Å². The second kappa shape index (κ2) is 19.7. The van der Waals surface area contributed by atoms with Gasteiger partial charge in [-0.15, -0.1) is 0 Å². The molecular formula is C54H75FN2O13Si. The number of rotatable bonds is 14. The van der Waals surface area contributed by atoms with Crippen LogP contribution in [0.2, 0.25) is 16.6 Å². The number of pyridine rings is 1. The molecule has 1 aromatic carbocycles. The van der Waals surface area contributed by atoms with Crippen molar-refractivity contribution >= 4 is 32.3 Å². The number of hydrogen-bond acceptors (Lipinski definition) is 14. The van der Waals surface area contributed by atoms with E-state index in [1.54, 1.807) is 57.2 Å². The molecule has 2 saturated carbocycles. The van der Waals surface area contributed by atoms with Crippen LogP contribution in [0.25, 0.3) is 0 Å². The first kappa shape index (κ1) is 54.3. The number of carbonyl (C=O) groups is 4. The van der Waals surface area contributed by atoms with Gasteiger partial charge in [0.1, 0.15) is 47.5 Å². The third kappa shape index (κ3) is 9.52. The van der Waals surface area contributed by atoms with Crippen molar-refractivity contribution in [3.8, 4) is 0 Å². The van der Waals surface area contributed by atoms with E-state index in [1.807, 2.05) is 27.7 Å². The highest BCUT2D eigenvalue weighted by Crippen LogP contribution is 2.67. The molecule has 15 nitrogen and oxygen atoms in total. The summed E-state index contributed by atoms with van der Waals surface area (Å²) in [5, 5.41) is 17.0. The Morgan fingerprint density at radius 3 is 2.15 bits per heavy atom. The summed E-state index contributed by atoms with van der Waals surface area (Å²) in [4.78, 5) is 61.9. The predicted molar refractivity (Wildman–Crippen MR) is 263 cm³/mol. The van der Waals surface area contributed by atoms with Crippen molar-refractivity contribution in [2.75, 3.05) is 6.61 Å². The summed E-state index contributed by atoms with van der Waals surface area (Å²) in [7, 11) is -3.08. The van der Waals surface area contributed by atoms with Gasteiger partial charge in [0.25, 0.3) is 0 Å². The van der Waals surface area contributed by atoms with Crippen molar-refractivity contribution in [3.05, 3.63) is 89.5 Å². The number of esters is 3. The van der Waals surface area contributed by atoms with Gasteiger partial charge >= 0.3 is 24.0 Å². The number of halogens is 1. The van der Waals surface area contributed by atoms with Crippen molar-refractivity contribution in [2.24, 2.45) is 16.7 Å². The first-order valence-electron chi connectivity index (χ1n) is 25.0. The molecule has 390 valence electrons. The molecule has 2 saturated heterocycles. The van der Waals surface area contributed by atoms with Gasteiger partial charge in [-0.2, -0.15) is 0 Å². The van der Waals surface area contributed by atoms with Crippen LogP contribution >= 0.6 is 0 Å². The summed E-state index contributed by atoms with van der Waals surface area (Å²) in [5.41, 5.74) is -5.53. The van der Waals surface area contributed by atoms with Gasteiger partial charge in [0.2, 0.25) is 8.32 Å². The molecule has 0 radical (unpaired) electrons. The molecule has 2 aromatic rings. The van der Waals surface area contributed by atoms with E-state index in [2.05, 4.69) is 58.4 Å². The van der Waals surface area contributed by atoms with Crippen LogP contribution < -0.4 is 5.32 Å². The molecular weight excluding hydrogens is 932 g/mol. The van der Waals surface area contributed by atoms with E-state index < -0.39 is 121 Å². The number of nitrogens with one attached hydrogen (secondary N) is 1. The van der Waals surface area contributed by atoms with Crippen LogP contribution in [-0.2, 0) is 47.2 Å². The van der Waals surface area contributed by atoms with Crippen LogP contribution in [0.1, 0.15) is 138 Å². The maximum Gasteiger partial charge on any atom is 0.408 e. The van der Waals surface area contributed by atoms with E-state index in [9.17, 15) is 23.9 Å². The fourth-order valence-corrected chi connectivity index (χ4v) is 18.6. The van der Waals surface area contributed by atoms with Gasteiger partial charge in [-0.1, -0.05) is 87.1 Å². The SMILES string of the molecule is C=C[C@@H]1O[C@@H]2C3=C(C)[C@@H](OC(=O)[C@H](O[Si](C(C)C)(C(C)C)C(C)C)[C@@H](NC(=O)OC(C)(C)C)c4ccc(F)cn4)C[C@@](O)([C@@H](OC(=O)c4ccccc4)[C@H]4[C@@](C)(CC[C@H]5OC[C@]54OC(C)=O)[C@@H]2O1)C3(C)C. The summed E-state index contributed by atoms with van der Waals surface area (Å²) in [6, 6.07) is 9.60. The maximum atomic E-state index is 15.8. The van der Waals surface area contributed by atoms with Crippen LogP contribution in [-0.4, -0.2) is 109 Å². The lowest BCUT2D eigenvalue weighted by atomic mass is 9.45. The number of hydrogen-bond donors (Lipinski definition) is 2. The molecule has 2 bridgehead atoms. The van der Waals surface area contributed by atoms with E-state index in [0.29, 0.717) is 24.0 Å². The smallest absolute Gasteiger partial charge is 0.408 e. The third-order valence-corrected chi connectivity index (χ3v) is 22.4. The molecule has 5 aliphatic rings. The van der Waals surface area contributed by atoms with E-state index in [4.69, 9.17) is 37.6 Å². The topological polar surface area (TPSA) is 187 Å². The van der Waals surface area contributed by atoms with Gasteiger partial charge < -0.3 is 48.0 Å². The molecule has 4 fully saturated rings. The lowest BCUT2D eigenvalue weighted by Crippen LogP contribution is -2.79. The average molecular weight is 1010 g/mol. The van der Waals surface area contributed by atoms with Gasteiger partial charge in [-0.05, 0) is 98.6 Å². The number of aliphatic hydroxyl groups is 1. The third-order valence-electron chi connectivity index (χ3n) is 16.3. The number of benzene rings is 1. The van der Waals surface area contributed by atoms with Crippen LogP contribution in [0.3, 0.4) is 0 Å². The molecule has 71 heavy (non-hydrogen) atoms. The Morgan fingerprint density at radius 2 is 1.62 bits per heavy atom. The normalized spacial score (nSPS) is 32.0. The maximum absolute atomic E-state index is 15.8. The molecule has 0 spiro atoms. The largest absolute Gasteiger partial charge is 0.456 e. The monoisotopic (exact) mass is 1010 g/mol. The van der Waals surface area contributed by atoms with Crippen LogP contribution in [0.15, 0.2) is 72.5 Å². The van der Waals surface area contributed by atoms with Crippen molar-refractivity contribution in [1.82, 2.24) is 10.3 Å². The first-order valence-corrected chi connectivity index (χ1v) is 27.2. The fourth-order valence-electron chi connectivity index (χ4n) is 13.2. The Bertz CT molecular complexity index is 2350. The second-order valence-corrected chi connectivity index (χ2v) is 28.3. The molecule has 3 heterocycles. The number of carbonyl (C=O) groups excluding carboxylic acids is 4. The average Bonchev–Trinajstić information content (AvgIpc) is 3.70. The second-order valence-electron chi connectivity index (χ2n) is 22.9. The molecule has 1 aromatic heterocycles. The molecule has 3 aliphatic carbocycles. The summed E-state index contributed by atoms with van der Waals surface area (Å²) in [6.07, 6.45) is -5.29. The van der Waals surface area contributed by atoms with Crippen molar-refractivity contribution in [1.29, 1.82) is 0 Å². The molecule has 12 atom stereocenters. The lowest BCUT2D eigenvalue weighted by Gasteiger charge is -2.68. The number of alkyl carbamates (subject to hydrolysis) is 1. The highest BCUT2D eigenvalue weighted by molar-refractivity contribution is 6.77. The van der Waals surface area contributed by atoms with Gasteiger partial charge in [0, 0.05) is 24.2 Å². The van der Waals surface area contributed by atoms with Gasteiger partial charge in [-0.25, -0.2) is 18.8 Å². The van der Waals surface area contributed by atoms with E-state index >= 15 is 4.79 Å². The van der Waals surface area contributed by atoms with Crippen LogP contribution in [0.4, 0.5) is 9.18 Å². The van der Waals surface area contributed by atoms with Crippen LogP contribution in [0, 0.1) is 22.6 Å². The molecule has 2 aliphatic heterocycles. The van der Waals surface area contributed by atoms with Crippen molar-refractivity contribution in [3.63, 3.8) is 0 Å². The molecule has 17 heteroatoms. The number of fused-ring (bicyclic) bond motifs is 8. The number of amides is 1. The lowest BCUT2D eigenvalue weighted by molar-refractivity contribution is -0.345. The molecule has 7 rings (SSSR count). The fraction of sp³-hybridized carbons (Fsp3) is 0.648. The van der Waals surface area contributed by atoms with Gasteiger partial charge in [0.05, 0.1) is 36.1 Å². The zero-order valence-corrected chi connectivity index (χ0v) is 44.8. The number of aromatic nitrogens is 1. The minimum Gasteiger partial charge on any atom is -0.456 e. The minimum absolute atomic E-state index is 0.0493. The van der Waals surface area contributed by atoms with Gasteiger partial charge in [0.15, 0.2) is 18.0 Å². The molecule has 0 unspecified atom stereocenters. The van der Waals surface area contributed by atoms with Crippen LogP contribution in [0.5, 0.6) is 0 Å². The Morgan fingerprint density at radius 1 is 0.972 bits per heavy atom. The highest BCUT2D eigenvalue weighted by atomic mass is 28.4. The number of nitrogens with zero attached hydrogens (tertiary/aromatic N) is 1. The Balaban J connectivity index is 1.45. The predicted octanol–water partition coefficient (Wildman–Crippen LogP) is 9.39. The first-order chi connectivity index (χ1) is 33.1. The Labute approximate surface area is 419 Å². The van der Waals surface area contributed by atoms with E-state index in [-0.39, 0.29) is 40.9 Å². The molecule has 1 amide bonds. The van der Waals surface area contributed by atoms with E-state index in [1.165, 1.54) is 19.1 Å². The van der Waals surface area contributed by atoms with Crippen molar-refractivity contribution < 1.29 is 66.3 Å². The van der Waals surface area contributed by atoms with Crippen molar-refractivity contribution in [2.45, 2.75) is 199 Å². The summed E-state index contributed by atoms with van der Waals surface area (Å²) >= 11 is 0. The minimum atomic E-state index is -3.08. The zero-order valence-electron chi connectivity index (χ0n) is 43.8. The Kier molecular flexibility index (Phi) is 15.1. The summed E-state index contributed by atoms with van der Waals surface area (Å²) in [5.74, 6) is -3.84.